The van der Waals surface area contributed by atoms with Crippen LogP contribution in [0.25, 0.3) is 11.4 Å². The van der Waals surface area contributed by atoms with E-state index < -0.39 is 17.3 Å². The van der Waals surface area contributed by atoms with Crippen molar-refractivity contribution in [3.05, 3.63) is 47.4 Å². The number of benzene rings is 1. The molecule has 0 N–H and O–H groups in total. The maximum atomic E-state index is 13.5. The zero-order valence-electron chi connectivity index (χ0n) is 22.0. The molecule has 202 valence electrons. The smallest absolute Gasteiger partial charge is 0.354 e. The molecule has 0 spiro atoms. The summed E-state index contributed by atoms with van der Waals surface area (Å²) in [6.45, 7) is 9.09. The number of anilines is 1. The summed E-state index contributed by atoms with van der Waals surface area (Å²) >= 11 is 1.64. The van der Waals surface area contributed by atoms with Crippen molar-refractivity contribution in [2.24, 2.45) is 7.05 Å². The molecule has 0 radical (unpaired) electrons. The average molecular weight is 545 g/mol. The highest BCUT2D eigenvalue weighted by Gasteiger charge is 2.36. The molecule has 0 amide bonds. The van der Waals surface area contributed by atoms with E-state index in [1.54, 1.807) is 23.9 Å². The monoisotopic (exact) mass is 544 g/mol. The van der Waals surface area contributed by atoms with Gasteiger partial charge in [0.15, 0.2) is 11.0 Å². The largest absolute Gasteiger partial charge is 0.433 e. The fourth-order valence-corrected chi connectivity index (χ4v) is 4.95. The fourth-order valence-electron chi connectivity index (χ4n) is 4.12. The van der Waals surface area contributed by atoms with Gasteiger partial charge in [0.05, 0.1) is 11.6 Å². The van der Waals surface area contributed by atoms with Crippen LogP contribution in [-0.4, -0.2) is 68.1 Å². The van der Waals surface area contributed by atoms with Crippen molar-refractivity contribution < 1.29 is 13.2 Å². The quantitative estimate of drug-likeness (QED) is 0.311. The zero-order chi connectivity index (χ0) is 27.5. The normalized spacial score (nSPS) is 15.1. The van der Waals surface area contributed by atoms with Crippen LogP contribution in [0.2, 0.25) is 0 Å². The molecule has 3 heterocycles. The van der Waals surface area contributed by atoms with Gasteiger partial charge in [-0.1, -0.05) is 32.5 Å². The molecule has 8 nitrogen and oxygen atoms in total. The molecular weight excluding hydrogens is 513 g/mol. The first-order valence-electron chi connectivity index (χ1n) is 12.4. The molecule has 1 saturated heterocycles. The number of aromatic nitrogens is 5. The van der Waals surface area contributed by atoms with Crippen molar-refractivity contribution in [1.29, 1.82) is 5.26 Å². The number of halogens is 3. The van der Waals surface area contributed by atoms with Gasteiger partial charge < -0.3 is 9.47 Å². The Morgan fingerprint density at radius 1 is 1.00 bits per heavy atom. The molecule has 0 aliphatic carbocycles. The lowest BCUT2D eigenvalue weighted by Gasteiger charge is -2.36. The number of hydrogen-bond donors (Lipinski definition) is 0. The molecule has 1 aliphatic heterocycles. The predicted molar refractivity (Wildman–Crippen MR) is 141 cm³/mol. The second kappa shape index (κ2) is 11.3. The van der Waals surface area contributed by atoms with E-state index >= 15 is 0 Å². The van der Waals surface area contributed by atoms with Gasteiger partial charge in [-0.15, -0.1) is 10.2 Å². The SMILES string of the molecule is Cn1c(SCCCN2CCN(c3cc(C(F)(F)F)nc(C(C)(C)C)n3)CC2)nnc1-c1ccc(C#N)cc1. The maximum Gasteiger partial charge on any atom is 0.433 e. The van der Waals surface area contributed by atoms with E-state index in [-0.39, 0.29) is 5.82 Å². The Bertz CT molecular complexity index is 1250. The summed E-state index contributed by atoms with van der Waals surface area (Å²) in [7, 11) is 1.93. The van der Waals surface area contributed by atoms with Crippen molar-refractivity contribution in [2.45, 2.75) is 43.9 Å². The highest BCUT2D eigenvalue weighted by atomic mass is 32.2. The molecule has 4 rings (SSSR count). The van der Waals surface area contributed by atoms with E-state index in [4.69, 9.17) is 5.26 Å². The summed E-state index contributed by atoms with van der Waals surface area (Å²) in [5, 5.41) is 18.4. The molecule has 1 aromatic carbocycles. The van der Waals surface area contributed by atoms with Crippen molar-refractivity contribution in [3.63, 3.8) is 0 Å². The van der Waals surface area contributed by atoms with Crippen LogP contribution < -0.4 is 4.90 Å². The van der Waals surface area contributed by atoms with Gasteiger partial charge in [0.1, 0.15) is 17.3 Å². The van der Waals surface area contributed by atoms with Crippen molar-refractivity contribution in [3.8, 4) is 17.5 Å². The first kappa shape index (κ1) is 27.9. The lowest BCUT2D eigenvalue weighted by atomic mass is 9.95. The molecule has 38 heavy (non-hydrogen) atoms. The summed E-state index contributed by atoms with van der Waals surface area (Å²) in [5.41, 5.74) is 0.0348. The van der Waals surface area contributed by atoms with E-state index in [9.17, 15) is 13.2 Å². The highest BCUT2D eigenvalue weighted by Crippen LogP contribution is 2.32. The number of alkyl halides is 3. The summed E-state index contributed by atoms with van der Waals surface area (Å²) in [4.78, 5) is 12.5. The number of hydrogen-bond acceptors (Lipinski definition) is 8. The molecule has 1 aliphatic rings. The van der Waals surface area contributed by atoms with Gasteiger partial charge in [0.2, 0.25) is 0 Å². The van der Waals surface area contributed by atoms with Crippen LogP contribution in [-0.2, 0) is 18.6 Å². The lowest BCUT2D eigenvalue weighted by molar-refractivity contribution is -0.141. The summed E-state index contributed by atoms with van der Waals surface area (Å²) < 4.78 is 42.3. The Kier molecular flexibility index (Phi) is 8.28. The van der Waals surface area contributed by atoms with Gasteiger partial charge in [-0.05, 0) is 37.2 Å². The van der Waals surface area contributed by atoms with Crippen LogP contribution in [0.4, 0.5) is 19.0 Å². The van der Waals surface area contributed by atoms with Gasteiger partial charge in [-0.3, -0.25) is 4.90 Å². The number of nitriles is 1. The van der Waals surface area contributed by atoms with Crippen LogP contribution in [0, 0.1) is 11.3 Å². The summed E-state index contributed by atoms with van der Waals surface area (Å²) in [5.74, 6) is 2.16. The molecular formula is C26H31F3N8S. The number of thioether (sulfide) groups is 1. The second-order valence-corrected chi connectivity index (χ2v) is 11.3. The van der Waals surface area contributed by atoms with Crippen LogP contribution >= 0.6 is 11.8 Å². The fraction of sp³-hybridized carbons (Fsp3) is 0.500. The predicted octanol–water partition coefficient (Wildman–Crippen LogP) is 4.76. The Labute approximate surface area is 224 Å². The first-order chi connectivity index (χ1) is 18.0. The molecule has 3 aromatic rings. The molecule has 0 saturated carbocycles. The van der Waals surface area contributed by atoms with E-state index in [2.05, 4.69) is 31.1 Å². The topological polar surface area (TPSA) is 86.8 Å². The second-order valence-electron chi connectivity index (χ2n) is 10.3. The third-order valence-electron chi connectivity index (χ3n) is 6.33. The van der Waals surface area contributed by atoms with Gasteiger partial charge in [-0.25, -0.2) is 9.97 Å². The van der Waals surface area contributed by atoms with Crippen LogP contribution in [0.5, 0.6) is 0 Å². The van der Waals surface area contributed by atoms with Crippen LogP contribution in [0.15, 0.2) is 35.5 Å². The number of rotatable bonds is 7. The molecule has 2 aromatic heterocycles. The molecule has 1 fully saturated rings. The van der Waals surface area contributed by atoms with E-state index in [1.807, 2.05) is 49.4 Å². The van der Waals surface area contributed by atoms with Gasteiger partial charge in [-0.2, -0.15) is 18.4 Å². The minimum Gasteiger partial charge on any atom is -0.354 e. The summed E-state index contributed by atoms with van der Waals surface area (Å²) in [6, 6.07) is 10.4. The third kappa shape index (κ3) is 6.63. The van der Waals surface area contributed by atoms with E-state index in [1.165, 1.54) is 0 Å². The first-order valence-corrected chi connectivity index (χ1v) is 13.4. The van der Waals surface area contributed by atoms with E-state index in [0.717, 1.165) is 54.4 Å². The Morgan fingerprint density at radius 2 is 1.68 bits per heavy atom. The average Bonchev–Trinajstić information content (AvgIpc) is 3.25. The van der Waals surface area contributed by atoms with Crippen LogP contribution in [0.3, 0.4) is 0 Å². The number of nitrogens with zero attached hydrogens (tertiary/aromatic N) is 8. The lowest BCUT2D eigenvalue weighted by Crippen LogP contribution is -2.47. The van der Waals surface area contributed by atoms with Gasteiger partial charge in [0, 0.05) is 56.0 Å². The van der Waals surface area contributed by atoms with Crippen molar-refractivity contribution in [1.82, 2.24) is 29.6 Å². The Balaban J connectivity index is 1.28. The molecule has 0 atom stereocenters. The standard InChI is InChI=1S/C26H31F3N8S/c1-25(2,3)23-31-20(26(27,28)29)16-21(32-23)37-13-11-36(12-14-37)10-5-15-38-24-34-33-22(35(24)4)19-8-6-18(17-30)7-9-19/h6-9,16H,5,10-15H2,1-4H3. The zero-order valence-corrected chi connectivity index (χ0v) is 22.8. The molecule has 12 heteroatoms. The molecule has 0 bridgehead atoms. The Morgan fingerprint density at radius 3 is 2.29 bits per heavy atom. The van der Waals surface area contributed by atoms with E-state index in [0.29, 0.717) is 24.5 Å². The maximum absolute atomic E-state index is 13.5. The Hall–Kier alpha value is -3.17. The van der Waals surface area contributed by atoms with Gasteiger partial charge >= 0.3 is 6.18 Å². The van der Waals surface area contributed by atoms with Crippen LogP contribution in [0.1, 0.15) is 44.3 Å². The van der Waals surface area contributed by atoms with Gasteiger partial charge in [0.25, 0.3) is 0 Å². The number of piperazine rings is 1. The summed E-state index contributed by atoms with van der Waals surface area (Å²) in [6.07, 6.45) is -3.56. The minimum absolute atomic E-state index is 0.202. The van der Waals surface area contributed by atoms with Crippen molar-refractivity contribution >= 4 is 17.6 Å². The highest BCUT2D eigenvalue weighted by molar-refractivity contribution is 7.99. The molecule has 0 unspecified atom stereocenters. The third-order valence-corrected chi connectivity index (χ3v) is 7.43. The van der Waals surface area contributed by atoms with Crippen molar-refractivity contribution in [2.75, 3.05) is 43.4 Å². The minimum atomic E-state index is -4.51.